The second-order valence-electron chi connectivity index (χ2n) is 3.32. The van der Waals surface area contributed by atoms with Gasteiger partial charge in [0.15, 0.2) is 10.1 Å². The molecule has 0 rings (SSSR count). The highest BCUT2D eigenvalue weighted by atomic mass is 32.2. The average Bonchev–Trinajstić information content (AvgIpc) is 2.23. The highest BCUT2D eigenvalue weighted by molar-refractivity contribution is 7.86. The molecule has 6 nitrogen and oxygen atoms in total. The minimum atomic E-state index is -5.79. The Morgan fingerprint density at radius 3 is 2.44 bits per heavy atom. The summed E-state index contributed by atoms with van der Waals surface area (Å²) in [5, 5.41) is -4.54. The smallest absolute Gasteiger partial charge is 0.357 e. The Balaban J connectivity index is 4.13. The lowest BCUT2D eigenvalue weighted by Gasteiger charge is -2.19. The van der Waals surface area contributed by atoms with Gasteiger partial charge in [0.05, 0.1) is 18.8 Å². The molecule has 0 heterocycles. The summed E-state index contributed by atoms with van der Waals surface area (Å²) >= 11 is 0. The summed E-state index contributed by atoms with van der Waals surface area (Å²) in [6.07, 6.45) is 0.576. The Labute approximate surface area is 103 Å². The molecule has 0 unspecified atom stereocenters. The van der Waals surface area contributed by atoms with Crippen LogP contribution in [-0.2, 0) is 24.4 Å². The first-order chi connectivity index (χ1) is 8.12. The van der Waals surface area contributed by atoms with Crippen molar-refractivity contribution in [1.29, 1.82) is 0 Å². The van der Waals surface area contributed by atoms with Crippen LogP contribution in [0.5, 0.6) is 0 Å². The van der Waals surface area contributed by atoms with Gasteiger partial charge in [-0.05, 0) is 6.42 Å². The molecule has 0 aliphatic heterocycles. The van der Waals surface area contributed by atoms with E-state index in [9.17, 15) is 26.5 Å². The van der Waals surface area contributed by atoms with Gasteiger partial charge in [-0.3, -0.25) is 0 Å². The number of carbonyl (C=O) groups is 1. The summed E-state index contributed by atoms with van der Waals surface area (Å²) < 4.78 is 64.4. The van der Waals surface area contributed by atoms with Crippen LogP contribution >= 0.6 is 0 Å². The van der Waals surface area contributed by atoms with Gasteiger partial charge in [-0.25, -0.2) is 13.2 Å². The Bertz CT molecular complexity index is 403. The van der Waals surface area contributed by atoms with Crippen molar-refractivity contribution in [2.75, 3.05) is 19.8 Å². The summed E-state index contributed by atoms with van der Waals surface area (Å²) in [5.41, 5.74) is -0.248. The molecule has 0 aromatic heterocycles. The maximum absolute atomic E-state index is 12.6. The van der Waals surface area contributed by atoms with E-state index >= 15 is 0 Å². The monoisotopic (exact) mass is 287 g/mol. The van der Waals surface area contributed by atoms with Crippen LogP contribution in [0.25, 0.3) is 0 Å². The topological polar surface area (TPSA) is 92.7 Å². The summed E-state index contributed by atoms with van der Waals surface area (Å²) in [6, 6.07) is 0. The fourth-order valence-corrected chi connectivity index (χ4v) is 0.949. The predicted molar refractivity (Wildman–Crippen MR) is 55.9 cm³/mol. The van der Waals surface area contributed by atoms with Gasteiger partial charge in [-0.15, -0.1) is 0 Å². The van der Waals surface area contributed by atoms with E-state index in [4.69, 9.17) is 0 Å². The summed E-state index contributed by atoms with van der Waals surface area (Å²) in [4.78, 5) is 11.1. The number of hydrogen-bond donors (Lipinski definition) is 0. The third-order valence-corrected chi connectivity index (χ3v) is 2.49. The van der Waals surface area contributed by atoms with Crippen LogP contribution in [0.15, 0.2) is 12.2 Å². The Morgan fingerprint density at radius 1 is 1.44 bits per heavy atom. The van der Waals surface area contributed by atoms with E-state index in [1.807, 2.05) is 0 Å². The number of alkyl halides is 2. The molecule has 9 heteroatoms. The first kappa shape index (κ1) is 16.9. The molecule has 0 atom stereocenters. The molecule has 0 radical (unpaired) electrons. The largest absolute Gasteiger partial charge is 0.743 e. The third kappa shape index (κ3) is 5.52. The highest BCUT2D eigenvalue weighted by Gasteiger charge is 2.38. The minimum Gasteiger partial charge on any atom is -0.743 e. The molecule has 0 spiro atoms. The van der Waals surface area contributed by atoms with Gasteiger partial charge in [-0.1, -0.05) is 13.5 Å². The first-order valence-electron chi connectivity index (χ1n) is 4.87. The lowest BCUT2D eigenvalue weighted by atomic mass is 10.3. The van der Waals surface area contributed by atoms with Crippen molar-refractivity contribution in [1.82, 2.24) is 0 Å². The normalized spacial score (nSPS) is 12.2. The summed E-state index contributed by atoms with van der Waals surface area (Å²) in [6.45, 7) is 2.83. The molecule has 0 aliphatic rings. The number of carbonyl (C=O) groups excluding carboxylic acids is 1. The lowest BCUT2D eigenvalue weighted by molar-refractivity contribution is -0.140. The zero-order valence-electron chi connectivity index (χ0n) is 9.65. The molecule has 0 aromatic rings. The fraction of sp³-hybridized carbons (Fsp3) is 0.667. The van der Waals surface area contributed by atoms with Gasteiger partial charge in [-0.2, -0.15) is 8.78 Å². The van der Waals surface area contributed by atoms with Gasteiger partial charge in [0.2, 0.25) is 0 Å². The predicted octanol–water partition coefficient (Wildman–Crippen LogP) is 0.650. The lowest BCUT2D eigenvalue weighted by Crippen LogP contribution is -2.34. The summed E-state index contributed by atoms with van der Waals surface area (Å²) in [5.74, 6) is -0.829. The van der Waals surface area contributed by atoms with Crippen LogP contribution in [0, 0.1) is 0 Å². The number of ether oxygens (including phenoxy) is 2. The molecular formula is C9H13F2O6S-. The molecule has 0 aromatic carbocycles. The molecule has 106 valence electrons. The quantitative estimate of drug-likeness (QED) is 0.370. The molecule has 0 saturated carbocycles. The highest BCUT2D eigenvalue weighted by Crippen LogP contribution is 2.20. The van der Waals surface area contributed by atoms with Crippen LogP contribution in [-0.4, -0.2) is 44.0 Å². The maximum atomic E-state index is 12.6. The fourth-order valence-electron chi connectivity index (χ4n) is 0.721. The standard InChI is InChI=1S/C9H14F2O6S/c1-3-4-17-8(12)7(2)5-16-6-9(10,11)18(13,14)15/h2-6H2,1H3,(H,13,14,15)/p-1. The Kier molecular flexibility index (Phi) is 6.36. The van der Waals surface area contributed by atoms with Gasteiger partial charge in [0.25, 0.3) is 0 Å². The number of esters is 1. The average molecular weight is 287 g/mol. The number of hydrogen-bond acceptors (Lipinski definition) is 6. The van der Waals surface area contributed by atoms with Crippen LogP contribution < -0.4 is 0 Å². The first-order valence-corrected chi connectivity index (χ1v) is 6.28. The van der Waals surface area contributed by atoms with Crippen molar-refractivity contribution in [3.63, 3.8) is 0 Å². The molecule has 0 N–H and O–H groups in total. The van der Waals surface area contributed by atoms with E-state index in [0.717, 1.165) is 0 Å². The second-order valence-corrected chi connectivity index (χ2v) is 4.83. The Morgan fingerprint density at radius 2 is 2.00 bits per heavy atom. The van der Waals surface area contributed by atoms with Crippen molar-refractivity contribution >= 4 is 16.1 Å². The van der Waals surface area contributed by atoms with E-state index in [0.29, 0.717) is 6.42 Å². The molecule has 0 aliphatic carbocycles. The van der Waals surface area contributed by atoms with Crippen LogP contribution in [0.1, 0.15) is 13.3 Å². The van der Waals surface area contributed by atoms with E-state index in [1.165, 1.54) is 0 Å². The van der Waals surface area contributed by atoms with Gasteiger partial charge < -0.3 is 14.0 Å². The van der Waals surface area contributed by atoms with E-state index in [-0.39, 0.29) is 12.2 Å². The van der Waals surface area contributed by atoms with Gasteiger partial charge in [0.1, 0.15) is 6.61 Å². The molecule has 0 saturated heterocycles. The van der Waals surface area contributed by atoms with Crippen LogP contribution in [0.2, 0.25) is 0 Å². The molecule has 0 amide bonds. The van der Waals surface area contributed by atoms with E-state index < -0.39 is 34.6 Å². The number of rotatable bonds is 8. The van der Waals surface area contributed by atoms with Crippen molar-refractivity contribution < 1.29 is 36.0 Å². The summed E-state index contributed by atoms with van der Waals surface area (Å²) in [7, 11) is -5.79. The third-order valence-electron chi connectivity index (χ3n) is 1.64. The molecule has 0 fully saturated rings. The van der Waals surface area contributed by atoms with Gasteiger partial charge in [0, 0.05) is 0 Å². The van der Waals surface area contributed by atoms with E-state index in [1.54, 1.807) is 6.92 Å². The molecule has 0 bridgehead atoms. The van der Waals surface area contributed by atoms with Crippen LogP contribution in [0.4, 0.5) is 8.78 Å². The SMILES string of the molecule is C=C(COCC(F)(F)S(=O)(=O)[O-])C(=O)OCCC. The zero-order chi connectivity index (χ0) is 14.4. The minimum absolute atomic E-state index is 0.142. The van der Waals surface area contributed by atoms with E-state index in [2.05, 4.69) is 16.1 Å². The van der Waals surface area contributed by atoms with Gasteiger partial charge >= 0.3 is 11.2 Å². The van der Waals surface area contributed by atoms with Crippen molar-refractivity contribution in [2.24, 2.45) is 0 Å². The van der Waals surface area contributed by atoms with Crippen molar-refractivity contribution in [3.8, 4) is 0 Å². The molecular weight excluding hydrogens is 274 g/mol. The molecule has 18 heavy (non-hydrogen) atoms. The Hall–Kier alpha value is -1.06. The number of halogens is 2. The second kappa shape index (κ2) is 6.76. The van der Waals surface area contributed by atoms with Crippen LogP contribution in [0.3, 0.4) is 0 Å². The van der Waals surface area contributed by atoms with Crippen molar-refractivity contribution in [3.05, 3.63) is 12.2 Å². The zero-order valence-corrected chi connectivity index (χ0v) is 10.5. The maximum Gasteiger partial charge on any atom is 0.357 e. The van der Waals surface area contributed by atoms with Crippen molar-refractivity contribution in [2.45, 2.75) is 18.6 Å².